The van der Waals surface area contributed by atoms with Crippen LogP contribution in [0.1, 0.15) is 12.0 Å². The molecule has 31 heavy (non-hydrogen) atoms. The third-order valence-corrected chi connectivity index (χ3v) is 8.30. The van der Waals surface area contributed by atoms with Crippen LogP contribution < -0.4 is 9.64 Å². The van der Waals surface area contributed by atoms with Gasteiger partial charge >= 0.3 is 0 Å². The molecule has 5 rings (SSSR count). The van der Waals surface area contributed by atoms with Gasteiger partial charge in [-0.2, -0.15) is 4.31 Å². The molecule has 1 atom stereocenters. The van der Waals surface area contributed by atoms with E-state index in [4.69, 9.17) is 4.74 Å². The number of benzene rings is 3. The second-order valence-electron chi connectivity index (χ2n) is 8.11. The fraction of sp³-hybridized carbons (Fsp3) is 0.280. The summed E-state index contributed by atoms with van der Waals surface area (Å²) in [6, 6.07) is 23.4. The second-order valence-corrected chi connectivity index (χ2v) is 10.0. The minimum Gasteiger partial charge on any atom is -0.497 e. The number of aryl methyl sites for hydroxylation is 1. The van der Waals surface area contributed by atoms with E-state index < -0.39 is 10.0 Å². The van der Waals surface area contributed by atoms with E-state index in [9.17, 15) is 8.42 Å². The molecule has 6 heteroatoms. The van der Waals surface area contributed by atoms with Crippen LogP contribution in [0.25, 0.3) is 11.1 Å². The predicted octanol–water partition coefficient (Wildman–Crippen LogP) is 4.19. The minimum absolute atomic E-state index is 0.188. The van der Waals surface area contributed by atoms with Crippen molar-refractivity contribution >= 4 is 15.7 Å². The zero-order valence-corrected chi connectivity index (χ0v) is 18.4. The number of methoxy groups -OCH3 is 1. The molecule has 2 aliphatic heterocycles. The van der Waals surface area contributed by atoms with E-state index in [1.54, 1.807) is 23.5 Å². The van der Waals surface area contributed by atoms with Gasteiger partial charge in [0.25, 0.3) is 0 Å². The SMILES string of the molecule is COc1ccc2c(c1)CCC1CN(S(=O)(=O)c3ccccc3-c3ccccc3)CCN21. The molecule has 0 spiro atoms. The van der Waals surface area contributed by atoms with Crippen molar-refractivity contribution in [2.45, 2.75) is 23.8 Å². The summed E-state index contributed by atoms with van der Waals surface area (Å²) in [5.41, 5.74) is 4.16. The van der Waals surface area contributed by atoms with Crippen LogP contribution in [0.15, 0.2) is 77.7 Å². The number of hydrogen-bond donors (Lipinski definition) is 0. The number of piperazine rings is 1. The fourth-order valence-corrected chi connectivity index (χ4v) is 6.47. The quantitative estimate of drug-likeness (QED) is 0.618. The molecule has 3 aromatic carbocycles. The topological polar surface area (TPSA) is 49.9 Å². The summed E-state index contributed by atoms with van der Waals surface area (Å²) in [6.45, 7) is 1.68. The van der Waals surface area contributed by atoms with Crippen molar-refractivity contribution in [3.63, 3.8) is 0 Å². The molecule has 1 fully saturated rings. The number of hydrogen-bond acceptors (Lipinski definition) is 4. The first-order chi connectivity index (χ1) is 15.1. The monoisotopic (exact) mass is 434 g/mol. The average Bonchev–Trinajstić information content (AvgIpc) is 2.83. The lowest BCUT2D eigenvalue weighted by atomic mass is 9.94. The van der Waals surface area contributed by atoms with Crippen molar-refractivity contribution in [2.24, 2.45) is 0 Å². The Morgan fingerprint density at radius 3 is 2.52 bits per heavy atom. The van der Waals surface area contributed by atoms with Gasteiger partial charge in [-0.15, -0.1) is 0 Å². The lowest BCUT2D eigenvalue weighted by molar-refractivity contribution is 0.316. The lowest BCUT2D eigenvalue weighted by Crippen LogP contribution is -2.56. The van der Waals surface area contributed by atoms with Crippen molar-refractivity contribution in [1.82, 2.24) is 4.31 Å². The van der Waals surface area contributed by atoms with Crippen molar-refractivity contribution in [3.05, 3.63) is 78.4 Å². The van der Waals surface area contributed by atoms with Gasteiger partial charge < -0.3 is 9.64 Å². The molecule has 0 aromatic heterocycles. The number of nitrogens with zero attached hydrogens (tertiary/aromatic N) is 2. The highest BCUT2D eigenvalue weighted by atomic mass is 32.2. The molecule has 2 heterocycles. The Bertz CT molecular complexity index is 1190. The van der Waals surface area contributed by atoms with Gasteiger partial charge in [0, 0.05) is 36.9 Å². The van der Waals surface area contributed by atoms with E-state index in [2.05, 4.69) is 17.0 Å². The third kappa shape index (κ3) is 3.60. The van der Waals surface area contributed by atoms with Crippen LogP contribution in [0.3, 0.4) is 0 Å². The Morgan fingerprint density at radius 1 is 0.935 bits per heavy atom. The first kappa shape index (κ1) is 20.1. The summed E-state index contributed by atoms with van der Waals surface area (Å²) < 4.78 is 34.4. The highest BCUT2D eigenvalue weighted by molar-refractivity contribution is 7.89. The maximum absolute atomic E-state index is 13.7. The molecule has 0 N–H and O–H groups in total. The molecular formula is C25H26N2O3S. The Morgan fingerprint density at radius 2 is 1.71 bits per heavy atom. The Labute approximate surface area is 183 Å². The first-order valence-electron chi connectivity index (χ1n) is 10.7. The van der Waals surface area contributed by atoms with Crippen LogP contribution in [0.4, 0.5) is 5.69 Å². The van der Waals surface area contributed by atoms with E-state index in [1.807, 2.05) is 48.5 Å². The highest BCUT2D eigenvalue weighted by Crippen LogP contribution is 2.37. The van der Waals surface area contributed by atoms with Gasteiger partial charge in [-0.25, -0.2) is 8.42 Å². The summed E-state index contributed by atoms with van der Waals surface area (Å²) in [6.07, 6.45) is 1.87. The smallest absolute Gasteiger partial charge is 0.243 e. The molecular weight excluding hydrogens is 408 g/mol. The van der Waals surface area contributed by atoms with Gasteiger partial charge in [-0.1, -0.05) is 48.5 Å². The van der Waals surface area contributed by atoms with Crippen LogP contribution >= 0.6 is 0 Å². The third-order valence-electron chi connectivity index (χ3n) is 6.38. The number of rotatable bonds is 4. The molecule has 1 saturated heterocycles. The van der Waals surface area contributed by atoms with Crippen LogP contribution in [-0.4, -0.2) is 45.5 Å². The van der Waals surface area contributed by atoms with E-state index in [-0.39, 0.29) is 6.04 Å². The molecule has 2 aliphatic rings. The molecule has 0 aliphatic carbocycles. The van der Waals surface area contributed by atoms with Gasteiger partial charge in [0.1, 0.15) is 5.75 Å². The predicted molar refractivity (Wildman–Crippen MR) is 123 cm³/mol. The van der Waals surface area contributed by atoms with Gasteiger partial charge in [-0.3, -0.25) is 0 Å². The fourth-order valence-electron chi connectivity index (χ4n) is 4.79. The molecule has 0 radical (unpaired) electrons. The first-order valence-corrected chi connectivity index (χ1v) is 12.1. The van der Waals surface area contributed by atoms with E-state index in [0.29, 0.717) is 24.5 Å². The second kappa shape index (κ2) is 8.02. The summed E-state index contributed by atoms with van der Waals surface area (Å²) in [4.78, 5) is 2.75. The van der Waals surface area contributed by atoms with Gasteiger partial charge in [0.05, 0.1) is 12.0 Å². The van der Waals surface area contributed by atoms with Crippen LogP contribution in [-0.2, 0) is 16.4 Å². The number of ether oxygens (including phenoxy) is 1. The van der Waals surface area contributed by atoms with Gasteiger partial charge in [0.2, 0.25) is 10.0 Å². The van der Waals surface area contributed by atoms with Crippen molar-refractivity contribution in [1.29, 1.82) is 0 Å². The zero-order chi connectivity index (χ0) is 21.4. The van der Waals surface area contributed by atoms with Gasteiger partial charge in [0.15, 0.2) is 0 Å². The van der Waals surface area contributed by atoms with E-state index >= 15 is 0 Å². The highest BCUT2D eigenvalue weighted by Gasteiger charge is 2.37. The molecule has 160 valence electrons. The average molecular weight is 435 g/mol. The molecule has 5 nitrogen and oxygen atoms in total. The number of sulfonamides is 1. The summed E-state index contributed by atoms with van der Waals surface area (Å²) in [5.74, 6) is 0.871. The van der Waals surface area contributed by atoms with E-state index in [1.165, 1.54) is 11.3 Å². The van der Waals surface area contributed by atoms with Crippen LogP contribution in [0.2, 0.25) is 0 Å². The Hall–Kier alpha value is -2.83. The normalized spacial score (nSPS) is 18.9. The molecule has 1 unspecified atom stereocenters. The summed E-state index contributed by atoms with van der Waals surface area (Å²) in [5, 5.41) is 0. The van der Waals surface area contributed by atoms with Crippen LogP contribution in [0.5, 0.6) is 5.75 Å². The maximum Gasteiger partial charge on any atom is 0.243 e. The number of anilines is 1. The Balaban J connectivity index is 1.43. The molecule has 3 aromatic rings. The zero-order valence-electron chi connectivity index (χ0n) is 17.6. The largest absolute Gasteiger partial charge is 0.497 e. The summed E-state index contributed by atoms with van der Waals surface area (Å²) >= 11 is 0. The van der Waals surface area contributed by atoms with Crippen molar-refractivity contribution in [3.8, 4) is 16.9 Å². The maximum atomic E-state index is 13.7. The van der Waals surface area contributed by atoms with Crippen molar-refractivity contribution < 1.29 is 13.2 Å². The minimum atomic E-state index is -3.59. The molecule has 0 saturated carbocycles. The lowest BCUT2D eigenvalue weighted by Gasteiger charge is -2.45. The van der Waals surface area contributed by atoms with Gasteiger partial charge in [-0.05, 0) is 48.2 Å². The standard InChI is InChI=1S/C25H26N2O3S/c1-30-22-13-14-24-20(17-22)11-12-21-18-26(15-16-27(21)24)31(28,29)25-10-6-5-9-23(25)19-7-3-2-4-8-19/h2-10,13-14,17,21H,11-12,15-16,18H2,1H3. The Kier molecular flexibility index (Phi) is 5.20. The van der Waals surface area contributed by atoms with Crippen LogP contribution in [0, 0.1) is 0 Å². The van der Waals surface area contributed by atoms with E-state index in [0.717, 1.165) is 29.7 Å². The summed E-state index contributed by atoms with van der Waals surface area (Å²) in [7, 11) is -1.91. The molecule has 0 bridgehead atoms. The van der Waals surface area contributed by atoms with Crippen molar-refractivity contribution in [2.75, 3.05) is 31.6 Å². The molecule has 0 amide bonds. The number of fused-ring (bicyclic) bond motifs is 3.